The van der Waals surface area contributed by atoms with Gasteiger partial charge in [0, 0.05) is 63.5 Å². The number of Topliss-reactive ketones (excluding diaryl/α,β-unsaturated/α-hetero) is 2. The van der Waals surface area contributed by atoms with Gasteiger partial charge in [-0.2, -0.15) is 0 Å². The Morgan fingerprint density at radius 1 is 0.679 bits per heavy atom. The van der Waals surface area contributed by atoms with Crippen LogP contribution < -0.4 is 4.74 Å². The van der Waals surface area contributed by atoms with Crippen LogP contribution in [0.1, 0.15) is 129 Å². The molecule has 0 bridgehead atoms. The molecule has 2 aromatic carbocycles. The monoisotopic (exact) mass is 1200 g/mol. The van der Waals surface area contributed by atoms with E-state index in [1.54, 1.807) is 34.6 Å². The van der Waals surface area contributed by atoms with E-state index in [-0.39, 0.29) is 84.6 Å². The zero-order valence-corrected chi connectivity index (χ0v) is 49.1. The van der Waals surface area contributed by atoms with Gasteiger partial charge in [0.25, 0.3) is 0 Å². The number of phenols is 2. The van der Waals surface area contributed by atoms with Gasteiger partial charge in [-0.05, 0) is 84.9 Å². The van der Waals surface area contributed by atoms with Crippen molar-refractivity contribution in [3.8, 4) is 17.2 Å². The molecule has 84 heavy (non-hydrogen) atoms. The van der Waals surface area contributed by atoms with E-state index in [1.807, 2.05) is 0 Å². The van der Waals surface area contributed by atoms with Crippen molar-refractivity contribution in [2.24, 2.45) is 5.92 Å². The number of ether oxygens (including phenoxy) is 13. The Bertz CT molecular complexity index is 2650. The molecule has 25 atom stereocenters. The van der Waals surface area contributed by atoms with Crippen LogP contribution in [0.2, 0.25) is 0 Å². The second-order valence-electron chi connectivity index (χ2n) is 23.3. The first-order chi connectivity index (χ1) is 39.5. The number of carbonyl (C=O) groups excluding carboxylic acids is 4. The number of rotatable bonds is 19. The summed E-state index contributed by atoms with van der Waals surface area (Å²) in [5.74, 6) is -5.42. The first kappa shape index (κ1) is 65.7. The second kappa shape index (κ2) is 27.0. The number of methoxy groups -OCH3 is 1. The van der Waals surface area contributed by atoms with Crippen molar-refractivity contribution in [2.45, 2.75) is 268 Å². The molecule has 0 amide bonds. The summed E-state index contributed by atoms with van der Waals surface area (Å²) in [6.07, 6.45) is -27.3. The van der Waals surface area contributed by atoms with E-state index < -0.39 is 188 Å². The second-order valence-corrected chi connectivity index (χ2v) is 23.3. The fourth-order valence-electron chi connectivity index (χ4n) is 12.0. The molecule has 0 saturated carbocycles. The lowest BCUT2D eigenvalue weighted by Gasteiger charge is -2.46. The van der Waals surface area contributed by atoms with Crippen molar-refractivity contribution in [1.29, 1.82) is 0 Å². The minimum Gasteiger partial charge on any atom is -0.507 e. The number of fused-ring (bicyclic) bond motifs is 2. The molecule has 1 aliphatic carbocycles. The maximum Gasteiger partial charge on any atom is 0.305 e. The summed E-state index contributed by atoms with van der Waals surface area (Å²) >= 11 is 0. The lowest BCUT2D eigenvalue weighted by atomic mass is 9.75. The summed E-state index contributed by atoms with van der Waals surface area (Å²) in [5, 5.41) is 101. The van der Waals surface area contributed by atoms with Gasteiger partial charge < -0.3 is 108 Å². The summed E-state index contributed by atoms with van der Waals surface area (Å²) < 4.78 is 78.0. The average molecular weight is 1200 g/mol. The van der Waals surface area contributed by atoms with Crippen LogP contribution in [0.3, 0.4) is 0 Å². The zero-order chi connectivity index (χ0) is 61.5. The third-order valence-electron chi connectivity index (χ3n) is 17.0. The van der Waals surface area contributed by atoms with E-state index in [1.165, 1.54) is 53.9 Å². The van der Waals surface area contributed by atoms with Gasteiger partial charge in [-0.1, -0.05) is 13.8 Å². The molecule has 5 saturated heterocycles. The first-order valence-corrected chi connectivity index (χ1v) is 28.9. The highest BCUT2D eigenvalue weighted by Gasteiger charge is 2.52. The molecule has 2 aromatic rings. The van der Waals surface area contributed by atoms with E-state index in [0.717, 1.165) is 0 Å². The maximum atomic E-state index is 15.2. The molecule has 26 heteroatoms. The predicted octanol–water partition coefficient (Wildman–Crippen LogP) is 1.67. The Balaban J connectivity index is 1.06. The molecule has 8 rings (SSSR count). The lowest BCUT2D eigenvalue weighted by molar-refractivity contribution is -0.334. The van der Waals surface area contributed by atoms with Crippen molar-refractivity contribution in [3.63, 3.8) is 0 Å². The molecule has 5 heterocycles. The average Bonchev–Trinajstić information content (AvgIpc) is 1.01. The lowest BCUT2D eigenvalue weighted by Crippen LogP contribution is -2.58. The van der Waals surface area contributed by atoms with Crippen molar-refractivity contribution in [1.82, 2.24) is 0 Å². The van der Waals surface area contributed by atoms with Crippen LogP contribution >= 0.6 is 0 Å². The van der Waals surface area contributed by atoms with E-state index in [0.29, 0.717) is 0 Å². The van der Waals surface area contributed by atoms with Crippen LogP contribution in [-0.2, 0) is 77.6 Å². The molecule has 26 nitrogen and oxygen atoms in total. The van der Waals surface area contributed by atoms with Crippen LogP contribution in [0.15, 0.2) is 12.1 Å². The largest absolute Gasteiger partial charge is 0.507 e. The fraction of sp³-hybridized carbons (Fsp3) is 0.759. The van der Waals surface area contributed by atoms with Gasteiger partial charge in [0.15, 0.2) is 42.8 Å². The SMILES string of the molecule is CCC(=O)O[C@H](C)[C@H](O)C(=O)[C@@H](OC)[C@@H]1Cc2cc3cc(O[C@H]4C[C@@H](O[C@H]5C[C@@H](OC(=O)CC)[C@H](O)C(C)O5)[C@H](O)C(C)O4)c(C)c(O)c3c(O)c2C(=O)[C@H]1O[C@H]1C[C@@H](O[C@H]2C[C@@H](O[C@H]3C[C@](C)(O)[C@H](O)C(C)O3)[C@@H](O)C(C)O2)[C@H](O)C(C)O1. The van der Waals surface area contributed by atoms with E-state index in [9.17, 15) is 60.3 Å². The summed E-state index contributed by atoms with van der Waals surface area (Å²) in [4.78, 5) is 54.1. The van der Waals surface area contributed by atoms with Gasteiger partial charge in [-0.3, -0.25) is 19.2 Å². The number of aromatic hydroxyl groups is 2. The third-order valence-corrected chi connectivity index (χ3v) is 17.0. The Morgan fingerprint density at radius 2 is 1.15 bits per heavy atom. The third kappa shape index (κ3) is 14.0. The Morgan fingerprint density at radius 3 is 1.68 bits per heavy atom. The van der Waals surface area contributed by atoms with Gasteiger partial charge in [-0.25, -0.2) is 0 Å². The smallest absolute Gasteiger partial charge is 0.305 e. The first-order valence-electron chi connectivity index (χ1n) is 28.9. The number of ketones is 2. The van der Waals surface area contributed by atoms with Crippen LogP contribution in [0.4, 0.5) is 0 Å². The highest BCUT2D eigenvalue weighted by Crippen LogP contribution is 2.48. The summed E-state index contributed by atoms with van der Waals surface area (Å²) in [5.41, 5.74) is -1.55. The quantitative estimate of drug-likeness (QED) is 0.0903. The number of phenolic OH excluding ortho intramolecular Hbond substituents is 2. The highest BCUT2D eigenvalue weighted by molar-refractivity contribution is 6.11. The normalized spacial score (nSPS) is 39.4. The maximum absolute atomic E-state index is 15.2. The van der Waals surface area contributed by atoms with E-state index in [4.69, 9.17) is 61.6 Å². The van der Waals surface area contributed by atoms with Gasteiger partial charge in [0.1, 0.15) is 72.2 Å². The zero-order valence-electron chi connectivity index (χ0n) is 49.1. The van der Waals surface area contributed by atoms with Crippen molar-refractivity contribution in [3.05, 3.63) is 28.8 Å². The van der Waals surface area contributed by atoms with Crippen molar-refractivity contribution < 1.29 is 127 Å². The Kier molecular flexibility index (Phi) is 21.1. The molecular formula is C58H84O26. The number of benzene rings is 2. The number of hydrogen-bond donors (Lipinski definition) is 9. The van der Waals surface area contributed by atoms with Gasteiger partial charge in [-0.15, -0.1) is 0 Å². The van der Waals surface area contributed by atoms with Crippen LogP contribution in [0.25, 0.3) is 10.8 Å². The van der Waals surface area contributed by atoms with Gasteiger partial charge >= 0.3 is 11.9 Å². The molecule has 0 radical (unpaired) electrons. The molecule has 0 aromatic heterocycles. The number of hydrogen-bond acceptors (Lipinski definition) is 26. The Hall–Kier alpha value is -4.30. The molecular weight excluding hydrogens is 1110 g/mol. The number of esters is 2. The molecule has 5 unspecified atom stereocenters. The topological polar surface area (TPSA) is 370 Å². The summed E-state index contributed by atoms with van der Waals surface area (Å²) in [6, 6.07) is 3.02. The Labute approximate surface area is 486 Å². The minimum absolute atomic E-state index is 0.0252. The van der Waals surface area contributed by atoms with Crippen molar-refractivity contribution >= 4 is 34.3 Å². The summed E-state index contributed by atoms with van der Waals surface area (Å²) in [6.45, 7) is 15.3. The molecule has 0 spiro atoms. The highest BCUT2D eigenvalue weighted by atomic mass is 16.7. The summed E-state index contributed by atoms with van der Waals surface area (Å²) in [7, 11) is 1.18. The minimum atomic E-state index is -1.95. The van der Waals surface area contributed by atoms with Crippen LogP contribution in [-0.4, -0.2) is 223 Å². The standard InChI is InChI=1S/C58H84O26/c1-12-37(59)73-27(8)51(66)54(69)55(72-11)31-15-29-14-30-16-32(80-39-18-34(48(63)24(5)74-39)81-40-17-33(79-38(60)13-2)47(62)23(4)75-40)22(3)46(61)44(30)52(67)45(29)53(68)56(31)84-42-20-35(49(64)26(7)77-42)82-41-19-36(50(65)25(6)76-41)83-43-21-58(10,71)57(70)28(9)78-43/h14,16,23-28,31,33-36,39-43,47-51,55-57,61-67,70-71H,12-13,15,17-21H2,1-11H3/t23?,24?,25?,26?,27-,28?,31+,33-,34-,35-,36-,39+,40+,41+,42+,43+,47-,48-,49-,50+,51+,55+,56+,57-,58+/m1/s1. The van der Waals surface area contributed by atoms with Crippen LogP contribution in [0, 0.1) is 12.8 Å². The number of carbonyl (C=O) groups is 4. The molecule has 6 aliphatic rings. The van der Waals surface area contributed by atoms with Crippen molar-refractivity contribution in [2.75, 3.05) is 7.11 Å². The predicted molar refractivity (Wildman–Crippen MR) is 287 cm³/mol. The molecule has 5 fully saturated rings. The van der Waals surface area contributed by atoms with Gasteiger partial charge in [0.2, 0.25) is 6.29 Å². The van der Waals surface area contributed by atoms with Crippen LogP contribution in [0.5, 0.6) is 17.2 Å². The molecule has 5 aliphatic heterocycles. The van der Waals surface area contributed by atoms with E-state index in [2.05, 4.69) is 0 Å². The molecule has 472 valence electrons. The fourth-order valence-corrected chi connectivity index (χ4v) is 12.0. The van der Waals surface area contributed by atoms with Gasteiger partial charge in [0.05, 0.1) is 65.4 Å². The molecule has 9 N–H and O–H groups in total. The number of aliphatic hydroxyl groups is 7. The van der Waals surface area contributed by atoms with E-state index >= 15 is 4.79 Å². The number of aliphatic hydroxyl groups excluding tert-OH is 6.